The third-order valence-electron chi connectivity index (χ3n) is 9.30. The second kappa shape index (κ2) is 17.1. The quantitative estimate of drug-likeness (QED) is 0.0873. The van der Waals surface area contributed by atoms with Gasteiger partial charge in [-0.3, -0.25) is 24.0 Å². The van der Waals surface area contributed by atoms with E-state index < -0.39 is 74.6 Å². The summed E-state index contributed by atoms with van der Waals surface area (Å²) in [4.78, 5) is 92.5. The highest BCUT2D eigenvalue weighted by molar-refractivity contribution is 6.61. The molecule has 0 aromatic heterocycles. The smallest absolute Gasteiger partial charge is 0.480 e. The number of rotatable bonds is 13. The predicted octanol–water partition coefficient (Wildman–Crippen LogP) is -1.36. The summed E-state index contributed by atoms with van der Waals surface area (Å²) >= 11 is 0. The fraction of sp³-hybridized carbons (Fsp3) is 0.306. The van der Waals surface area contributed by atoms with Crippen molar-refractivity contribution < 1.29 is 62.9 Å². The van der Waals surface area contributed by atoms with Crippen LogP contribution in [0.4, 0.5) is 0 Å². The van der Waals surface area contributed by atoms with Crippen LogP contribution < -0.4 is 26.9 Å². The number of hydrogen-bond acceptors (Lipinski definition) is 12. The molecule has 1 atom stereocenters. The molecule has 19 heteroatoms. The summed E-state index contributed by atoms with van der Waals surface area (Å²) in [5.41, 5.74) is 3.99. The summed E-state index contributed by atoms with van der Waals surface area (Å²) in [5, 5.41) is 38.5. The summed E-state index contributed by atoms with van der Waals surface area (Å²) in [6.45, 7) is 0.505. The van der Waals surface area contributed by atoms with E-state index in [1.807, 2.05) is 0 Å². The van der Waals surface area contributed by atoms with Crippen molar-refractivity contribution in [3.8, 4) is 0 Å². The molecule has 3 aliphatic heterocycles. The summed E-state index contributed by atoms with van der Waals surface area (Å²) in [6.07, 6.45) is -0.0479. The average molecular weight is 754 g/mol. The van der Waals surface area contributed by atoms with E-state index in [2.05, 4.69) is 16.0 Å². The van der Waals surface area contributed by atoms with Gasteiger partial charge in [0.15, 0.2) is 0 Å². The van der Waals surface area contributed by atoms with Crippen LogP contribution in [0.15, 0.2) is 54.6 Å². The van der Waals surface area contributed by atoms with E-state index in [-0.39, 0.29) is 42.6 Å². The van der Waals surface area contributed by atoms with Gasteiger partial charge in [0.25, 0.3) is 29.5 Å². The first kappa shape index (κ1) is 38.8. The van der Waals surface area contributed by atoms with E-state index in [1.54, 1.807) is 30.3 Å². The van der Waals surface area contributed by atoms with Crippen LogP contribution >= 0.6 is 0 Å². The first-order valence-corrected chi connectivity index (χ1v) is 17.5. The molecule has 0 bridgehead atoms. The van der Waals surface area contributed by atoms with Crippen LogP contribution in [-0.4, -0.2) is 95.2 Å². The molecule has 0 spiro atoms. The van der Waals surface area contributed by atoms with Crippen LogP contribution in [0.1, 0.15) is 79.0 Å². The number of imide groups is 1. The Morgan fingerprint density at radius 2 is 1.22 bits per heavy atom. The zero-order valence-electron chi connectivity index (χ0n) is 29.4. The average Bonchev–Trinajstić information content (AvgIpc) is 3.49. The molecule has 3 aromatic carbocycles. The predicted molar refractivity (Wildman–Crippen MR) is 191 cm³/mol. The van der Waals surface area contributed by atoms with E-state index in [9.17, 15) is 48.7 Å². The standard InChI is InChI=1S/C36H36B2N4O13/c43-30-6-7-31(44)42(30)55-32(45)8-5-29(36(49)50)41-35(48)26-14-20(18-39-33(46)24-3-1-22-9-11-53-37(51)27(22)16-24)13-21(15-26)19-40-34(47)25-4-2-23-10-12-54-38(52)28(23)17-25/h1-4,13-17,29,51-52H,5-12,18-19H2,(H,39,46)(H,40,47)(H,41,48)(H,49,50). The Hall–Kier alpha value is -5.88. The number of nitrogens with zero attached hydrogens (tertiary/aromatic N) is 1. The van der Waals surface area contributed by atoms with E-state index in [4.69, 9.17) is 14.1 Å². The highest BCUT2D eigenvalue weighted by Crippen LogP contribution is 2.16. The number of benzene rings is 3. The summed E-state index contributed by atoms with van der Waals surface area (Å²) < 4.78 is 10.5. The normalized spacial score (nSPS) is 15.5. The Kier molecular flexibility index (Phi) is 12.1. The third-order valence-corrected chi connectivity index (χ3v) is 9.30. The van der Waals surface area contributed by atoms with Gasteiger partial charge in [-0.1, -0.05) is 18.2 Å². The largest absolute Gasteiger partial charge is 0.491 e. The number of carboxylic acids is 1. The fourth-order valence-electron chi connectivity index (χ4n) is 6.36. The first-order chi connectivity index (χ1) is 26.4. The molecule has 6 N–H and O–H groups in total. The molecule has 284 valence electrons. The lowest BCUT2D eigenvalue weighted by atomic mass is 9.73. The molecule has 6 rings (SSSR count). The van der Waals surface area contributed by atoms with Gasteiger partial charge in [0.1, 0.15) is 6.04 Å². The maximum atomic E-state index is 13.5. The van der Waals surface area contributed by atoms with Crippen LogP contribution in [0.25, 0.3) is 0 Å². The monoisotopic (exact) mass is 754 g/mol. The Morgan fingerprint density at radius 3 is 1.71 bits per heavy atom. The molecular formula is C36H36B2N4O13. The Bertz CT molecular complexity index is 1950. The number of nitrogens with one attached hydrogen (secondary N) is 3. The zero-order valence-corrected chi connectivity index (χ0v) is 29.4. The van der Waals surface area contributed by atoms with Crippen molar-refractivity contribution in [3.63, 3.8) is 0 Å². The highest BCUT2D eigenvalue weighted by Gasteiger charge is 2.33. The van der Waals surface area contributed by atoms with Gasteiger partial charge in [0.2, 0.25) is 0 Å². The lowest BCUT2D eigenvalue weighted by Crippen LogP contribution is -2.42. The molecule has 0 aliphatic carbocycles. The van der Waals surface area contributed by atoms with Crippen LogP contribution in [0.5, 0.6) is 0 Å². The molecule has 1 unspecified atom stereocenters. The zero-order chi connectivity index (χ0) is 39.2. The lowest BCUT2D eigenvalue weighted by Gasteiger charge is -2.20. The van der Waals surface area contributed by atoms with Gasteiger partial charge in [-0.05, 0) is 88.8 Å². The van der Waals surface area contributed by atoms with Crippen molar-refractivity contribution in [1.29, 1.82) is 0 Å². The van der Waals surface area contributed by atoms with Gasteiger partial charge >= 0.3 is 26.2 Å². The lowest BCUT2D eigenvalue weighted by molar-refractivity contribution is -0.197. The van der Waals surface area contributed by atoms with E-state index in [0.29, 0.717) is 53.2 Å². The first-order valence-electron chi connectivity index (χ1n) is 17.5. The second-order valence-corrected chi connectivity index (χ2v) is 13.1. The maximum Gasteiger partial charge on any atom is 0.491 e. The van der Waals surface area contributed by atoms with E-state index in [1.165, 1.54) is 24.3 Å². The van der Waals surface area contributed by atoms with Gasteiger partial charge < -0.3 is 45.3 Å². The number of carboxylic acid groups (broad SMARTS) is 1. The van der Waals surface area contributed by atoms with Gasteiger partial charge in [0, 0.05) is 55.8 Å². The molecule has 5 amide bonds. The van der Waals surface area contributed by atoms with Crippen LogP contribution in [0, 0.1) is 0 Å². The second-order valence-electron chi connectivity index (χ2n) is 13.1. The number of amides is 5. The van der Waals surface area contributed by atoms with Gasteiger partial charge in [-0.2, -0.15) is 0 Å². The van der Waals surface area contributed by atoms with Crippen LogP contribution in [0.3, 0.4) is 0 Å². The van der Waals surface area contributed by atoms with Gasteiger partial charge in [-0.15, -0.1) is 5.06 Å². The third kappa shape index (κ3) is 9.44. The van der Waals surface area contributed by atoms with Crippen molar-refractivity contribution in [2.45, 2.75) is 57.7 Å². The summed E-state index contributed by atoms with van der Waals surface area (Å²) in [6, 6.07) is 12.7. The minimum absolute atomic E-state index is 0.0267. The SMILES string of the molecule is O=C(CCC(NC(=O)c1cc(CNC(=O)c2ccc3c(c2)B(O)OCC3)cc(CNC(=O)c2ccc3c(c2)B(O)OCC3)c1)C(=O)O)ON1C(=O)CCC1=O. The number of fused-ring (bicyclic) bond motifs is 2. The molecule has 1 saturated heterocycles. The molecule has 1 fully saturated rings. The number of carbonyl (C=O) groups excluding carboxylic acids is 6. The van der Waals surface area contributed by atoms with Crippen molar-refractivity contribution in [1.82, 2.24) is 21.0 Å². The van der Waals surface area contributed by atoms with Crippen LogP contribution in [-0.2, 0) is 59.3 Å². The molecule has 3 aliphatic rings. The molecular weight excluding hydrogens is 718 g/mol. The molecule has 0 saturated carbocycles. The molecule has 17 nitrogen and oxygen atoms in total. The minimum atomic E-state index is -1.58. The molecule has 0 radical (unpaired) electrons. The van der Waals surface area contributed by atoms with E-state index >= 15 is 0 Å². The maximum absolute atomic E-state index is 13.5. The number of hydroxylamine groups is 2. The molecule has 55 heavy (non-hydrogen) atoms. The topological polar surface area (TPSA) is 247 Å². The van der Waals surface area contributed by atoms with Gasteiger partial charge in [-0.25, -0.2) is 9.59 Å². The van der Waals surface area contributed by atoms with Crippen molar-refractivity contribution in [2.75, 3.05) is 13.2 Å². The van der Waals surface area contributed by atoms with Crippen molar-refractivity contribution in [3.05, 3.63) is 93.5 Å². The molecule has 3 heterocycles. The van der Waals surface area contributed by atoms with E-state index in [0.717, 1.165) is 11.1 Å². The highest BCUT2D eigenvalue weighted by atomic mass is 16.7. The number of hydrogen-bond donors (Lipinski definition) is 6. The Labute approximate surface area is 314 Å². The number of aliphatic carboxylic acids is 1. The van der Waals surface area contributed by atoms with Gasteiger partial charge in [0.05, 0.1) is 6.42 Å². The molecule has 3 aromatic rings. The van der Waals surface area contributed by atoms with Crippen LogP contribution in [0.2, 0.25) is 0 Å². The van der Waals surface area contributed by atoms with Crippen molar-refractivity contribution in [2.24, 2.45) is 0 Å². The summed E-state index contributed by atoms with van der Waals surface area (Å²) in [5.74, 6) is -5.72. The fourth-order valence-corrected chi connectivity index (χ4v) is 6.36. The minimum Gasteiger partial charge on any atom is -0.480 e. The Balaban J connectivity index is 1.17. The number of carbonyl (C=O) groups is 7. The summed E-state index contributed by atoms with van der Waals surface area (Å²) in [7, 11) is -2.33. The Morgan fingerprint density at radius 1 is 0.709 bits per heavy atom. The van der Waals surface area contributed by atoms with Crippen molar-refractivity contribution >= 4 is 66.6 Å².